The highest BCUT2D eigenvalue weighted by Gasteiger charge is 2.24. The van der Waals surface area contributed by atoms with Crippen molar-refractivity contribution >= 4 is 5.78 Å². The Labute approximate surface area is 112 Å². The van der Waals surface area contributed by atoms with Gasteiger partial charge in [-0.2, -0.15) is 0 Å². The van der Waals surface area contributed by atoms with E-state index in [4.69, 9.17) is 9.15 Å². The summed E-state index contributed by atoms with van der Waals surface area (Å²) in [6, 6.07) is 9.11. The molecule has 0 bridgehead atoms. The van der Waals surface area contributed by atoms with E-state index in [1.54, 1.807) is 12.3 Å². The number of rotatable bonds is 5. The van der Waals surface area contributed by atoms with Crippen molar-refractivity contribution in [1.29, 1.82) is 0 Å². The van der Waals surface area contributed by atoms with Crippen LogP contribution in [0.25, 0.3) is 0 Å². The molecule has 1 fully saturated rings. The summed E-state index contributed by atoms with van der Waals surface area (Å²) in [5.41, 5.74) is 1.29. The van der Waals surface area contributed by atoms with Crippen molar-refractivity contribution in [2.75, 3.05) is 0 Å². The minimum absolute atomic E-state index is 0.00755. The average Bonchev–Trinajstić information content (AvgIpc) is 3.11. The number of ether oxygens (including phenoxy) is 1. The van der Waals surface area contributed by atoms with E-state index >= 15 is 0 Å². The van der Waals surface area contributed by atoms with E-state index in [0.717, 1.165) is 24.4 Å². The second-order valence-corrected chi connectivity index (χ2v) is 4.79. The summed E-state index contributed by atoms with van der Waals surface area (Å²) in [6.07, 6.45) is 4.84. The standard InChI is InChI=1S/C16H16O3/c1-2-15-14(8-9-18-15)16(17)11-4-3-5-13(10-11)19-12-6-7-12/h3-5,8-10,12H,2,6-7H2,1H3. The monoisotopic (exact) mass is 256 g/mol. The molecular weight excluding hydrogens is 240 g/mol. The predicted molar refractivity (Wildman–Crippen MR) is 71.6 cm³/mol. The molecule has 19 heavy (non-hydrogen) atoms. The average molecular weight is 256 g/mol. The van der Waals surface area contributed by atoms with Gasteiger partial charge in [-0.25, -0.2) is 0 Å². The molecule has 3 heteroatoms. The van der Waals surface area contributed by atoms with Crippen LogP contribution in [0.5, 0.6) is 5.75 Å². The van der Waals surface area contributed by atoms with Crippen molar-refractivity contribution < 1.29 is 13.9 Å². The summed E-state index contributed by atoms with van der Waals surface area (Å²) in [5.74, 6) is 1.50. The zero-order valence-corrected chi connectivity index (χ0v) is 10.9. The van der Waals surface area contributed by atoms with E-state index in [9.17, 15) is 4.79 Å². The molecule has 0 amide bonds. The van der Waals surface area contributed by atoms with Gasteiger partial charge >= 0.3 is 0 Å². The zero-order valence-electron chi connectivity index (χ0n) is 10.9. The highest BCUT2D eigenvalue weighted by molar-refractivity contribution is 6.09. The minimum atomic E-state index is -0.00755. The van der Waals surface area contributed by atoms with Gasteiger partial charge < -0.3 is 9.15 Å². The van der Waals surface area contributed by atoms with Crippen LogP contribution in [0.1, 0.15) is 41.4 Å². The smallest absolute Gasteiger partial charge is 0.196 e. The number of carbonyl (C=O) groups excluding carboxylic acids is 1. The third-order valence-electron chi connectivity index (χ3n) is 3.23. The first-order valence-corrected chi connectivity index (χ1v) is 6.65. The molecule has 3 rings (SSSR count). The van der Waals surface area contributed by atoms with Gasteiger partial charge in [0.1, 0.15) is 11.5 Å². The maximum absolute atomic E-state index is 12.4. The van der Waals surface area contributed by atoms with Crippen molar-refractivity contribution in [2.24, 2.45) is 0 Å². The molecule has 0 spiro atoms. The van der Waals surface area contributed by atoms with Crippen molar-refractivity contribution in [2.45, 2.75) is 32.3 Å². The molecule has 1 heterocycles. The molecule has 0 atom stereocenters. The third-order valence-corrected chi connectivity index (χ3v) is 3.23. The SMILES string of the molecule is CCc1occc1C(=O)c1cccc(OC2CC2)c1. The molecular formula is C16H16O3. The topological polar surface area (TPSA) is 39.4 Å². The number of benzene rings is 1. The van der Waals surface area contributed by atoms with Crippen LogP contribution in [0.15, 0.2) is 41.0 Å². The molecule has 1 aliphatic rings. The molecule has 0 radical (unpaired) electrons. The van der Waals surface area contributed by atoms with E-state index in [-0.39, 0.29) is 5.78 Å². The highest BCUT2D eigenvalue weighted by atomic mass is 16.5. The van der Waals surface area contributed by atoms with Gasteiger partial charge in [-0.1, -0.05) is 19.1 Å². The van der Waals surface area contributed by atoms with Crippen LogP contribution >= 0.6 is 0 Å². The van der Waals surface area contributed by atoms with Crippen LogP contribution in [0, 0.1) is 0 Å². The molecule has 0 N–H and O–H groups in total. The molecule has 1 saturated carbocycles. The Morgan fingerprint density at radius 3 is 2.95 bits per heavy atom. The van der Waals surface area contributed by atoms with Crippen molar-refractivity contribution in [1.82, 2.24) is 0 Å². The van der Waals surface area contributed by atoms with Crippen LogP contribution < -0.4 is 4.74 Å². The molecule has 2 aromatic rings. The summed E-state index contributed by atoms with van der Waals surface area (Å²) in [4.78, 5) is 12.4. The van der Waals surface area contributed by atoms with Crippen molar-refractivity contribution in [3.63, 3.8) is 0 Å². The molecule has 1 aromatic carbocycles. The van der Waals surface area contributed by atoms with Gasteiger partial charge in [0.2, 0.25) is 0 Å². The van der Waals surface area contributed by atoms with E-state index < -0.39 is 0 Å². The van der Waals surface area contributed by atoms with E-state index in [1.165, 1.54) is 0 Å². The van der Waals surface area contributed by atoms with Crippen LogP contribution in [-0.2, 0) is 6.42 Å². The number of hydrogen-bond donors (Lipinski definition) is 0. The number of furan rings is 1. The third kappa shape index (κ3) is 2.55. The van der Waals surface area contributed by atoms with Crippen LogP contribution in [0.4, 0.5) is 0 Å². The van der Waals surface area contributed by atoms with E-state index in [0.29, 0.717) is 23.7 Å². The Hall–Kier alpha value is -2.03. The molecule has 0 unspecified atom stereocenters. The van der Waals surface area contributed by atoms with Crippen molar-refractivity contribution in [3.05, 3.63) is 53.5 Å². The Balaban J connectivity index is 1.86. The summed E-state index contributed by atoms with van der Waals surface area (Å²) < 4.78 is 11.0. The lowest BCUT2D eigenvalue weighted by molar-refractivity contribution is 0.103. The van der Waals surface area contributed by atoms with Crippen LogP contribution in [0.2, 0.25) is 0 Å². The number of hydrogen-bond acceptors (Lipinski definition) is 3. The first kappa shape index (κ1) is 12.0. The lowest BCUT2D eigenvalue weighted by Gasteiger charge is -2.06. The quantitative estimate of drug-likeness (QED) is 0.767. The normalized spacial score (nSPS) is 14.4. The van der Waals surface area contributed by atoms with E-state index in [2.05, 4.69) is 0 Å². The van der Waals surface area contributed by atoms with Gasteiger partial charge in [0, 0.05) is 12.0 Å². The lowest BCUT2D eigenvalue weighted by atomic mass is 10.0. The zero-order chi connectivity index (χ0) is 13.2. The first-order chi connectivity index (χ1) is 9.28. The van der Waals surface area contributed by atoms with Crippen LogP contribution in [-0.4, -0.2) is 11.9 Å². The second-order valence-electron chi connectivity index (χ2n) is 4.79. The second kappa shape index (κ2) is 4.92. The van der Waals surface area contributed by atoms with Crippen LogP contribution in [0.3, 0.4) is 0 Å². The van der Waals surface area contributed by atoms with Gasteiger partial charge in [0.15, 0.2) is 5.78 Å². The Morgan fingerprint density at radius 1 is 1.37 bits per heavy atom. The first-order valence-electron chi connectivity index (χ1n) is 6.65. The Bertz CT molecular complexity index is 594. The van der Waals surface area contributed by atoms with Gasteiger partial charge in [-0.15, -0.1) is 0 Å². The van der Waals surface area contributed by atoms with Gasteiger partial charge in [0.05, 0.1) is 17.9 Å². The molecule has 98 valence electrons. The lowest BCUT2D eigenvalue weighted by Crippen LogP contribution is -2.04. The Morgan fingerprint density at radius 2 is 2.21 bits per heavy atom. The number of aryl methyl sites for hydroxylation is 1. The fourth-order valence-corrected chi connectivity index (χ4v) is 2.06. The highest BCUT2D eigenvalue weighted by Crippen LogP contribution is 2.27. The van der Waals surface area contributed by atoms with E-state index in [1.807, 2.05) is 31.2 Å². The minimum Gasteiger partial charge on any atom is -0.490 e. The summed E-state index contributed by atoms with van der Waals surface area (Å²) in [6.45, 7) is 1.97. The van der Waals surface area contributed by atoms with Gasteiger partial charge in [0.25, 0.3) is 0 Å². The molecule has 1 aromatic heterocycles. The molecule has 3 nitrogen and oxygen atoms in total. The summed E-state index contributed by atoms with van der Waals surface area (Å²) in [7, 11) is 0. The fourth-order valence-electron chi connectivity index (χ4n) is 2.06. The Kier molecular flexibility index (Phi) is 3.11. The largest absolute Gasteiger partial charge is 0.490 e. The number of ketones is 1. The predicted octanol–water partition coefficient (Wildman–Crippen LogP) is 3.61. The molecule has 0 saturated heterocycles. The molecule has 1 aliphatic carbocycles. The maximum atomic E-state index is 12.4. The maximum Gasteiger partial charge on any atom is 0.196 e. The fraction of sp³-hybridized carbons (Fsp3) is 0.312. The number of carbonyl (C=O) groups is 1. The van der Waals surface area contributed by atoms with Gasteiger partial charge in [-0.05, 0) is 31.0 Å². The molecule has 0 aliphatic heterocycles. The van der Waals surface area contributed by atoms with Crippen molar-refractivity contribution in [3.8, 4) is 5.75 Å². The summed E-state index contributed by atoms with van der Waals surface area (Å²) >= 11 is 0. The summed E-state index contributed by atoms with van der Waals surface area (Å²) in [5, 5.41) is 0. The van der Waals surface area contributed by atoms with Gasteiger partial charge in [-0.3, -0.25) is 4.79 Å².